The number of rotatable bonds is 4. The standard InChI is InChI=1S/C10H12N2O2/c13-7-9-6-11-8-12(9)4-3-10-2-1-5-14-10/h1-2,5-6,8,13H,3-4,7H2. The maximum absolute atomic E-state index is 8.98. The summed E-state index contributed by atoms with van der Waals surface area (Å²) in [7, 11) is 0. The van der Waals surface area contributed by atoms with Crippen molar-refractivity contribution in [1.82, 2.24) is 9.55 Å². The molecule has 4 heteroatoms. The van der Waals surface area contributed by atoms with Crippen molar-refractivity contribution in [3.8, 4) is 0 Å². The van der Waals surface area contributed by atoms with Crippen LogP contribution < -0.4 is 0 Å². The summed E-state index contributed by atoms with van der Waals surface area (Å²) in [5, 5.41) is 8.98. The molecule has 0 saturated heterocycles. The van der Waals surface area contributed by atoms with Gasteiger partial charge in [-0.15, -0.1) is 0 Å². The zero-order valence-electron chi connectivity index (χ0n) is 7.76. The predicted octanol–water partition coefficient (Wildman–Crippen LogP) is 1.21. The van der Waals surface area contributed by atoms with Crippen LogP contribution in [-0.2, 0) is 19.6 Å². The highest BCUT2D eigenvalue weighted by Crippen LogP contribution is 2.05. The van der Waals surface area contributed by atoms with E-state index in [2.05, 4.69) is 4.98 Å². The average Bonchev–Trinajstić information content (AvgIpc) is 2.85. The summed E-state index contributed by atoms with van der Waals surface area (Å²) >= 11 is 0. The van der Waals surface area contributed by atoms with Gasteiger partial charge in [0, 0.05) is 13.0 Å². The number of aryl methyl sites for hydroxylation is 2. The highest BCUT2D eigenvalue weighted by atomic mass is 16.3. The smallest absolute Gasteiger partial charge is 0.105 e. The zero-order chi connectivity index (χ0) is 9.80. The lowest BCUT2D eigenvalue weighted by molar-refractivity contribution is 0.270. The van der Waals surface area contributed by atoms with E-state index in [-0.39, 0.29) is 6.61 Å². The summed E-state index contributed by atoms with van der Waals surface area (Å²) in [5.74, 6) is 0.947. The van der Waals surface area contributed by atoms with Crippen molar-refractivity contribution in [2.75, 3.05) is 0 Å². The van der Waals surface area contributed by atoms with Crippen molar-refractivity contribution in [3.05, 3.63) is 42.4 Å². The molecular formula is C10H12N2O2. The number of aliphatic hydroxyl groups excluding tert-OH is 1. The second-order valence-corrected chi connectivity index (χ2v) is 3.07. The number of hydrogen-bond donors (Lipinski definition) is 1. The van der Waals surface area contributed by atoms with Crippen LogP contribution in [0.3, 0.4) is 0 Å². The van der Waals surface area contributed by atoms with Crippen LogP contribution in [0.5, 0.6) is 0 Å². The van der Waals surface area contributed by atoms with Crippen LogP contribution in [-0.4, -0.2) is 14.7 Å². The van der Waals surface area contributed by atoms with E-state index in [1.807, 2.05) is 16.7 Å². The van der Waals surface area contributed by atoms with Crippen LogP contribution in [0.2, 0.25) is 0 Å². The third-order valence-corrected chi connectivity index (χ3v) is 2.14. The second kappa shape index (κ2) is 4.11. The highest BCUT2D eigenvalue weighted by Gasteiger charge is 2.01. The Morgan fingerprint density at radius 3 is 3.14 bits per heavy atom. The van der Waals surface area contributed by atoms with Crippen LogP contribution in [0.15, 0.2) is 35.3 Å². The number of nitrogens with zero attached hydrogens (tertiary/aromatic N) is 2. The molecule has 2 heterocycles. The molecule has 0 aromatic carbocycles. The van der Waals surface area contributed by atoms with Gasteiger partial charge < -0.3 is 14.1 Å². The summed E-state index contributed by atoms with van der Waals surface area (Å²) < 4.78 is 7.13. The molecule has 0 aliphatic heterocycles. The first kappa shape index (κ1) is 9.02. The summed E-state index contributed by atoms with van der Waals surface area (Å²) in [5.41, 5.74) is 0.830. The SMILES string of the molecule is OCc1cncn1CCc1ccco1. The Hall–Kier alpha value is -1.55. The highest BCUT2D eigenvalue weighted by molar-refractivity contribution is 5.00. The van der Waals surface area contributed by atoms with E-state index in [1.165, 1.54) is 0 Å². The van der Waals surface area contributed by atoms with Crippen LogP contribution in [0.1, 0.15) is 11.5 Å². The fraction of sp³-hybridized carbons (Fsp3) is 0.300. The molecule has 0 atom stereocenters. The average molecular weight is 192 g/mol. The van der Waals surface area contributed by atoms with Gasteiger partial charge in [0.25, 0.3) is 0 Å². The van der Waals surface area contributed by atoms with Gasteiger partial charge in [-0.05, 0) is 12.1 Å². The van der Waals surface area contributed by atoms with Gasteiger partial charge in [-0.3, -0.25) is 0 Å². The minimum absolute atomic E-state index is 0.0259. The maximum Gasteiger partial charge on any atom is 0.105 e. The Bertz CT molecular complexity index is 378. The van der Waals surface area contributed by atoms with Gasteiger partial charge in [-0.1, -0.05) is 0 Å². The van der Waals surface area contributed by atoms with Crippen molar-refractivity contribution in [3.63, 3.8) is 0 Å². The topological polar surface area (TPSA) is 51.2 Å². The van der Waals surface area contributed by atoms with Crippen molar-refractivity contribution < 1.29 is 9.52 Å². The first-order valence-electron chi connectivity index (χ1n) is 4.52. The van der Waals surface area contributed by atoms with E-state index >= 15 is 0 Å². The molecule has 0 aliphatic carbocycles. The van der Waals surface area contributed by atoms with E-state index in [4.69, 9.17) is 9.52 Å². The minimum atomic E-state index is 0.0259. The lowest BCUT2D eigenvalue weighted by Crippen LogP contribution is -2.03. The Balaban J connectivity index is 1.98. The Morgan fingerprint density at radius 1 is 1.50 bits per heavy atom. The molecule has 14 heavy (non-hydrogen) atoms. The lowest BCUT2D eigenvalue weighted by Gasteiger charge is -2.03. The Morgan fingerprint density at radius 2 is 2.43 bits per heavy atom. The Labute approximate surface area is 81.8 Å². The van der Waals surface area contributed by atoms with Gasteiger partial charge in [0.1, 0.15) is 5.76 Å². The molecule has 4 nitrogen and oxygen atoms in total. The van der Waals surface area contributed by atoms with E-state index < -0.39 is 0 Å². The van der Waals surface area contributed by atoms with Gasteiger partial charge in [-0.2, -0.15) is 0 Å². The van der Waals surface area contributed by atoms with Crippen molar-refractivity contribution >= 4 is 0 Å². The largest absolute Gasteiger partial charge is 0.469 e. The molecule has 0 unspecified atom stereocenters. The quantitative estimate of drug-likeness (QED) is 0.792. The number of hydrogen-bond acceptors (Lipinski definition) is 3. The molecule has 0 amide bonds. The molecule has 0 radical (unpaired) electrons. The lowest BCUT2D eigenvalue weighted by atomic mass is 10.3. The van der Waals surface area contributed by atoms with Crippen LogP contribution in [0.4, 0.5) is 0 Å². The van der Waals surface area contributed by atoms with Crippen LogP contribution in [0, 0.1) is 0 Å². The van der Waals surface area contributed by atoms with E-state index in [0.717, 1.165) is 24.4 Å². The molecule has 74 valence electrons. The summed E-state index contributed by atoms with van der Waals surface area (Å²) in [4.78, 5) is 3.97. The molecule has 2 aromatic rings. The molecule has 0 bridgehead atoms. The molecule has 0 fully saturated rings. The zero-order valence-corrected chi connectivity index (χ0v) is 7.76. The molecule has 0 spiro atoms. The van der Waals surface area contributed by atoms with E-state index in [9.17, 15) is 0 Å². The van der Waals surface area contributed by atoms with Gasteiger partial charge in [-0.25, -0.2) is 4.98 Å². The van der Waals surface area contributed by atoms with Crippen molar-refractivity contribution in [2.24, 2.45) is 0 Å². The van der Waals surface area contributed by atoms with E-state index in [1.54, 1.807) is 18.8 Å². The normalized spacial score (nSPS) is 10.6. The van der Waals surface area contributed by atoms with Gasteiger partial charge in [0.15, 0.2) is 0 Å². The van der Waals surface area contributed by atoms with E-state index in [0.29, 0.717) is 0 Å². The molecule has 0 aliphatic rings. The molecule has 2 rings (SSSR count). The molecule has 0 saturated carbocycles. The van der Waals surface area contributed by atoms with Gasteiger partial charge in [0.2, 0.25) is 0 Å². The van der Waals surface area contributed by atoms with Gasteiger partial charge in [0.05, 0.1) is 31.1 Å². The molecular weight excluding hydrogens is 180 g/mol. The first-order chi connectivity index (χ1) is 6.90. The van der Waals surface area contributed by atoms with Gasteiger partial charge >= 0.3 is 0 Å². The monoisotopic (exact) mass is 192 g/mol. The summed E-state index contributed by atoms with van der Waals surface area (Å²) in [6, 6.07) is 3.81. The molecule has 2 aromatic heterocycles. The number of furan rings is 1. The maximum atomic E-state index is 8.98. The fourth-order valence-electron chi connectivity index (χ4n) is 1.37. The number of aliphatic hydroxyl groups is 1. The van der Waals surface area contributed by atoms with Crippen molar-refractivity contribution in [1.29, 1.82) is 0 Å². The summed E-state index contributed by atoms with van der Waals surface area (Å²) in [6.07, 6.45) is 5.86. The molecule has 1 N–H and O–H groups in total. The Kier molecular flexibility index (Phi) is 2.65. The summed E-state index contributed by atoms with van der Waals surface area (Å²) in [6.45, 7) is 0.807. The predicted molar refractivity (Wildman–Crippen MR) is 50.6 cm³/mol. The third kappa shape index (κ3) is 1.85. The van der Waals surface area contributed by atoms with Crippen LogP contribution >= 0.6 is 0 Å². The van der Waals surface area contributed by atoms with Crippen LogP contribution in [0.25, 0.3) is 0 Å². The number of imidazole rings is 1. The fourth-order valence-corrected chi connectivity index (χ4v) is 1.37. The second-order valence-electron chi connectivity index (χ2n) is 3.07. The minimum Gasteiger partial charge on any atom is -0.469 e. The first-order valence-corrected chi connectivity index (χ1v) is 4.52. The number of aromatic nitrogens is 2. The van der Waals surface area contributed by atoms with Crippen molar-refractivity contribution in [2.45, 2.75) is 19.6 Å². The third-order valence-electron chi connectivity index (χ3n) is 2.14.